The minimum absolute atomic E-state index is 0.0908. The zero-order chi connectivity index (χ0) is 24.1. The maximum absolute atomic E-state index is 12.6. The summed E-state index contributed by atoms with van der Waals surface area (Å²) in [6, 6.07) is 18.4. The van der Waals surface area contributed by atoms with E-state index in [1.54, 1.807) is 48.2 Å². The zero-order valence-electron chi connectivity index (χ0n) is 18.8. The second-order valence-electron chi connectivity index (χ2n) is 8.06. The lowest BCUT2D eigenvalue weighted by Gasteiger charge is -2.24. The largest absolute Gasteiger partial charge is 0.493 e. The van der Waals surface area contributed by atoms with Gasteiger partial charge < -0.3 is 14.6 Å². The molecule has 4 rings (SSSR count). The minimum atomic E-state index is -0.900. The highest BCUT2D eigenvalue weighted by Crippen LogP contribution is 2.41. The van der Waals surface area contributed by atoms with Gasteiger partial charge in [0.15, 0.2) is 5.78 Å². The maximum Gasteiger partial charge on any atom is 0.311 e. The predicted octanol–water partition coefficient (Wildman–Crippen LogP) is 7.01. The van der Waals surface area contributed by atoms with E-state index < -0.39 is 11.9 Å². The number of ketones is 1. The molecule has 0 aromatic heterocycles. The molecule has 0 saturated heterocycles. The summed E-state index contributed by atoms with van der Waals surface area (Å²) in [6.07, 6.45) is 4.59. The SMILES string of the molecule is CSc1ccccc1CCCC(=O)c1ccc(Oc2cc3c(cc2Cl)C(C(=O)O)CCO3)cc1. The molecule has 0 saturated carbocycles. The van der Waals surface area contributed by atoms with Crippen molar-refractivity contribution >= 4 is 35.1 Å². The molecule has 3 aromatic rings. The van der Waals surface area contributed by atoms with Crippen LogP contribution in [0.25, 0.3) is 0 Å². The van der Waals surface area contributed by atoms with Gasteiger partial charge in [-0.1, -0.05) is 29.8 Å². The van der Waals surface area contributed by atoms with Gasteiger partial charge in [0.05, 0.1) is 17.5 Å². The Kier molecular flexibility index (Phi) is 7.80. The number of fused-ring (bicyclic) bond motifs is 1. The number of hydrogen-bond acceptors (Lipinski definition) is 5. The van der Waals surface area contributed by atoms with E-state index in [4.69, 9.17) is 21.1 Å². The van der Waals surface area contributed by atoms with Crippen LogP contribution in [-0.4, -0.2) is 29.7 Å². The number of carboxylic acids is 1. The number of aryl methyl sites for hydroxylation is 1. The number of thioether (sulfide) groups is 1. The molecule has 1 aliphatic rings. The van der Waals surface area contributed by atoms with E-state index >= 15 is 0 Å². The van der Waals surface area contributed by atoms with Crippen LogP contribution in [0.15, 0.2) is 65.6 Å². The Bertz CT molecular complexity index is 1190. The molecular formula is C27H25ClO5S. The van der Waals surface area contributed by atoms with Crippen LogP contribution >= 0.6 is 23.4 Å². The quantitative estimate of drug-likeness (QED) is 0.254. The number of carbonyl (C=O) groups excluding carboxylic acids is 1. The zero-order valence-corrected chi connectivity index (χ0v) is 20.3. The van der Waals surface area contributed by atoms with E-state index in [2.05, 4.69) is 18.4 Å². The van der Waals surface area contributed by atoms with Crippen LogP contribution in [0.1, 0.15) is 46.7 Å². The highest BCUT2D eigenvalue weighted by Gasteiger charge is 2.29. The molecule has 0 amide bonds. The molecule has 0 aliphatic carbocycles. The van der Waals surface area contributed by atoms with Crippen LogP contribution in [0.2, 0.25) is 5.02 Å². The third kappa shape index (κ3) is 5.57. The molecule has 176 valence electrons. The summed E-state index contributed by atoms with van der Waals surface area (Å²) in [6.45, 7) is 0.324. The number of rotatable bonds is 9. The fourth-order valence-corrected chi connectivity index (χ4v) is 4.91. The van der Waals surface area contributed by atoms with Crippen LogP contribution in [0.3, 0.4) is 0 Å². The molecule has 1 atom stereocenters. The minimum Gasteiger partial charge on any atom is -0.493 e. The van der Waals surface area contributed by atoms with Gasteiger partial charge in [-0.3, -0.25) is 9.59 Å². The molecular weight excluding hydrogens is 472 g/mol. The lowest BCUT2D eigenvalue weighted by Crippen LogP contribution is -2.20. The number of hydrogen-bond donors (Lipinski definition) is 1. The molecule has 7 heteroatoms. The van der Waals surface area contributed by atoms with Crippen LogP contribution < -0.4 is 9.47 Å². The van der Waals surface area contributed by atoms with Crippen LogP contribution in [0.5, 0.6) is 17.2 Å². The summed E-state index contributed by atoms with van der Waals surface area (Å²) in [7, 11) is 0. The van der Waals surface area contributed by atoms with Crippen molar-refractivity contribution in [3.63, 3.8) is 0 Å². The van der Waals surface area contributed by atoms with Gasteiger partial charge in [-0.25, -0.2) is 0 Å². The number of carboxylic acid groups (broad SMARTS) is 1. The molecule has 0 radical (unpaired) electrons. The van der Waals surface area contributed by atoms with Gasteiger partial charge in [0.25, 0.3) is 0 Å². The van der Waals surface area contributed by atoms with Gasteiger partial charge in [-0.05, 0) is 67.5 Å². The van der Waals surface area contributed by atoms with Crippen molar-refractivity contribution in [3.05, 3.63) is 82.4 Å². The first-order chi connectivity index (χ1) is 16.5. The van der Waals surface area contributed by atoms with Crippen molar-refractivity contribution < 1.29 is 24.2 Å². The van der Waals surface area contributed by atoms with Crippen LogP contribution in [-0.2, 0) is 11.2 Å². The first-order valence-corrected chi connectivity index (χ1v) is 12.7. The number of ether oxygens (including phenoxy) is 2. The molecule has 1 heterocycles. The van der Waals surface area contributed by atoms with Crippen molar-refractivity contribution in [2.24, 2.45) is 0 Å². The molecule has 5 nitrogen and oxygen atoms in total. The van der Waals surface area contributed by atoms with E-state index in [0.717, 1.165) is 12.8 Å². The van der Waals surface area contributed by atoms with Gasteiger partial charge in [0.2, 0.25) is 0 Å². The Labute approximate surface area is 208 Å². The summed E-state index contributed by atoms with van der Waals surface area (Å²) in [5, 5.41) is 9.73. The topological polar surface area (TPSA) is 72.8 Å². The first kappa shape index (κ1) is 24.2. The Hall–Kier alpha value is -2.96. The molecule has 1 aliphatic heterocycles. The molecule has 0 bridgehead atoms. The highest BCUT2D eigenvalue weighted by atomic mass is 35.5. The van der Waals surface area contributed by atoms with Crippen molar-refractivity contribution in [1.82, 2.24) is 0 Å². The molecule has 1 N–H and O–H groups in total. The smallest absolute Gasteiger partial charge is 0.311 e. The Balaban J connectivity index is 1.38. The molecule has 3 aromatic carbocycles. The summed E-state index contributed by atoms with van der Waals surface area (Å²) in [4.78, 5) is 25.4. The monoisotopic (exact) mass is 496 g/mol. The maximum atomic E-state index is 12.6. The second kappa shape index (κ2) is 11.0. The van der Waals surface area contributed by atoms with Gasteiger partial charge >= 0.3 is 5.97 Å². The average molecular weight is 497 g/mol. The van der Waals surface area contributed by atoms with E-state index in [1.807, 2.05) is 12.1 Å². The average Bonchev–Trinajstić information content (AvgIpc) is 2.84. The second-order valence-corrected chi connectivity index (χ2v) is 9.32. The molecule has 34 heavy (non-hydrogen) atoms. The summed E-state index contributed by atoms with van der Waals surface area (Å²) >= 11 is 8.08. The van der Waals surface area contributed by atoms with Gasteiger partial charge in [-0.15, -0.1) is 11.8 Å². The summed E-state index contributed by atoms with van der Waals surface area (Å²) in [5.74, 6) is -0.0882. The lowest BCUT2D eigenvalue weighted by molar-refractivity contribution is -0.139. The summed E-state index contributed by atoms with van der Waals surface area (Å²) < 4.78 is 11.5. The van der Waals surface area contributed by atoms with E-state index in [1.165, 1.54) is 10.5 Å². The fraction of sp³-hybridized carbons (Fsp3) is 0.259. The molecule has 0 fully saturated rings. The number of benzene rings is 3. The third-order valence-corrected chi connectivity index (χ3v) is 6.98. The lowest BCUT2D eigenvalue weighted by atomic mass is 9.93. The first-order valence-electron chi connectivity index (χ1n) is 11.1. The van der Waals surface area contributed by atoms with E-state index in [-0.39, 0.29) is 5.78 Å². The van der Waals surface area contributed by atoms with Gasteiger partial charge in [-0.2, -0.15) is 0 Å². The van der Waals surface area contributed by atoms with Gasteiger partial charge in [0, 0.05) is 28.5 Å². The van der Waals surface area contributed by atoms with Crippen LogP contribution in [0.4, 0.5) is 0 Å². The number of Topliss-reactive ketones (excluding diaryl/α,β-unsaturated/α-hetero) is 1. The van der Waals surface area contributed by atoms with E-state index in [9.17, 15) is 14.7 Å². The molecule has 0 spiro atoms. The van der Waals surface area contributed by atoms with Crippen LogP contribution in [0, 0.1) is 0 Å². The third-order valence-electron chi connectivity index (χ3n) is 5.85. The summed E-state index contributed by atoms with van der Waals surface area (Å²) in [5.41, 5.74) is 2.46. The van der Waals surface area contributed by atoms with Crippen molar-refractivity contribution in [2.75, 3.05) is 12.9 Å². The Morgan fingerprint density at radius 3 is 2.65 bits per heavy atom. The Morgan fingerprint density at radius 2 is 1.91 bits per heavy atom. The van der Waals surface area contributed by atoms with E-state index in [0.29, 0.717) is 52.8 Å². The predicted molar refractivity (Wildman–Crippen MR) is 134 cm³/mol. The number of halogens is 1. The molecule has 1 unspecified atom stereocenters. The normalized spacial score (nSPS) is 14.7. The van der Waals surface area contributed by atoms with Crippen molar-refractivity contribution in [3.8, 4) is 17.2 Å². The van der Waals surface area contributed by atoms with Crippen molar-refractivity contribution in [2.45, 2.75) is 36.5 Å². The number of carbonyl (C=O) groups is 2. The fourth-order valence-electron chi connectivity index (χ4n) is 4.05. The number of aliphatic carboxylic acids is 1. The van der Waals surface area contributed by atoms with Crippen molar-refractivity contribution in [1.29, 1.82) is 0 Å². The standard InChI is InChI=1S/C27H25ClO5S/c1-34-26-8-3-2-5-18(26)6-4-7-23(29)17-9-11-19(12-10-17)33-25-16-24-21(15-22(25)28)20(27(30)31)13-14-32-24/h2-3,5,8-12,15-16,20H,4,6-7,13-14H2,1H3,(H,30,31). The Morgan fingerprint density at radius 1 is 1.15 bits per heavy atom. The van der Waals surface area contributed by atoms with Gasteiger partial charge in [0.1, 0.15) is 17.2 Å². The highest BCUT2D eigenvalue weighted by molar-refractivity contribution is 7.98.